The molecule has 1 unspecified atom stereocenters. The zero-order chi connectivity index (χ0) is 22.1. The molecule has 2 aromatic carbocycles. The van der Waals surface area contributed by atoms with Crippen molar-refractivity contribution in [1.29, 1.82) is 5.26 Å². The van der Waals surface area contributed by atoms with E-state index < -0.39 is 0 Å². The summed E-state index contributed by atoms with van der Waals surface area (Å²) >= 11 is 6.15. The zero-order valence-corrected chi connectivity index (χ0v) is 18.7. The van der Waals surface area contributed by atoms with Gasteiger partial charge in [0.25, 0.3) is 5.91 Å². The smallest absolute Gasteiger partial charge is 0.254 e. The van der Waals surface area contributed by atoms with Crippen molar-refractivity contribution < 1.29 is 9.53 Å². The number of nitriles is 1. The van der Waals surface area contributed by atoms with Crippen LogP contribution < -0.4 is 15.0 Å². The predicted molar refractivity (Wildman–Crippen MR) is 124 cm³/mol. The molecule has 5 rings (SSSR count). The number of fused-ring (bicyclic) bond motifs is 2. The van der Waals surface area contributed by atoms with Crippen molar-refractivity contribution >= 4 is 23.2 Å². The van der Waals surface area contributed by atoms with Crippen molar-refractivity contribution in [2.24, 2.45) is 0 Å². The molecule has 32 heavy (non-hydrogen) atoms. The molecule has 1 amide bonds. The molecule has 2 aromatic rings. The average Bonchev–Trinajstić information content (AvgIpc) is 3.09. The molecule has 3 atom stereocenters. The monoisotopic (exact) mass is 450 g/mol. The van der Waals surface area contributed by atoms with E-state index in [1.165, 1.54) is 5.69 Å². The molecule has 0 saturated carbocycles. The Hall–Kier alpha value is -2.75. The van der Waals surface area contributed by atoms with Crippen molar-refractivity contribution in [3.05, 3.63) is 58.6 Å². The van der Waals surface area contributed by atoms with E-state index in [9.17, 15) is 4.79 Å². The molecule has 0 radical (unpaired) electrons. The van der Waals surface area contributed by atoms with Crippen molar-refractivity contribution in [3.63, 3.8) is 0 Å². The topological polar surface area (TPSA) is 68.6 Å². The second-order valence-corrected chi connectivity index (χ2v) is 9.25. The number of ether oxygens (including phenoxy) is 1. The van der Waals surface area contributed by atoms with Crippen LogP contribution in [0.4, 0.5) is 5.69 Å². The third kappa shape index (κ3) is 4.15. The molecule has 166 valence electrons. The first-order chi connectivity index (χ1) is 15.6. The Bertz CT molecular complexity index is 1020. The number of piperazine rings is 1. The third-order valence-electron chi connectivity index (χ3n) is 6.88. The van der Waals surface area contributed by atoms with E-state index in [-0.39, 0.29) is 24.1 Å². The van der Waals surface area contributed by atoms with E-state index in [0.29, 0.717) is 16.3 Å². The van der Waals surface area contributed by atoms with Gasteiger partial charge in [-0.05, 0) is 49.2 Å². The molecular formula is C25H27ClN4O2. The van der Waals surface area contributed by atoms with Crippen LogP contribution in [-0.4, -0.2) is 55.2 Å². The fraction of sp³-hybridized carbons (Fsp3) is 0.440. The van der Waals surface area contributed by atoms with E-state index in [1.807, 2.05) is 12.1 Å². The highest BCUT2D eigenvalue weighted by Gasteiger charge is 2.44. The molecule has 1 N–H and O–H groups in total. The summed E-state index contributed by atoms with van der Waals surface area (Å²) in [5, 5.41) is 12.8. The lowest BCUT2D eigenvalue weighted by atomic mass is 9.98. The number of hydrogen-bond acceptors (Lipinski definition) is 5. The first-order valence-corrected chi connectivity index (χ1v) is 11.7. The van der Waals surface area contributed by atoms with Gasteiger partial charge in [0.1, 0.15) is 17.9 Å². The number of benzene rings is 2. The number of anilines is 1. The van der Waals surface area contributed by atoms with Gasteiger partial charge >= 0.3 is 0 Å². The van der Waals surface area contributed by atoms with E-state index in [2.05, 4.69) is 33.3 Å². The first-order valence-electron chi connectivity index (χ1n) is 11.4. The maximum Gasteiger partial charge on any atom is 0.254 e. The van der Waals surface area contributed by atoms with Crippen LogP contribution in [0.3, 0.4) is 0 Å². The van der Waals surface area contributed by atoms with E-state index >= 15 is 0 Å². The SMILES string of the molecule is N#Cc1ccc(OC2C[C@H]3CC[C@@H](C2)N3C(=O)c2ccc(N3CCNCC3)cc2)cc1Cl. The molecule has 0 aromatic heterocycles. The summed E-state index contributed by atoms with van der Waals surface area (Å²) in [6, 6.07) is 15.8. The zero-order valence-electron chi connectivity index (χ0n) is 18.0. The van der Waals surface area contributed by atoms with Crippen LogP contribution in [0.25, 0.3) is 0 Å². The van der Waals surface area contributed by atoms with Gasteiger partial charge in [-0.25, -0.2) is 0 Å². The van der Waals surface area contributed by atoms with Gasteiger partial charge in [-0.1, -0.05) is 11.6 Å². The quantitative estimate of drug-likeness (QED) is 0.766. The highest BCUT2D eigenvalue weighted by molar-refractivity contribution is 6.31. The molecule has 7 heteroatoms. The van der Waals surface area contributed by atoms with Crippen molar-refractivity contribution in [2.45, 2.75) is 43.9 Å². The molecule has 2 bridgehead atoms. The van der Waals surface area contributed by atoms with Gasteiger partial charge in [0.05, 0.1) is 10.6 Å². The number of amides is 1. The van der Waals surface area contributed by atoms with Gasteiger partial charge < -0.3 is 19.9 Å². The molecule has 3 aliphatic heterocycles. The van der Waals surface area contributed by atoms with Crippen LogP contribution in [0.15, 0.2) is 42.5 Å². The standard InChI is InChI=1S/C25H27ClN4O2/c26-24-15-22(8-3-18(24)16-27)32-23-13-20-6-7-21(14-23)30(20)25(31)17-1-4-19(5-2-17)29-11-9-28-10-12-29/h1-5,8,15,20-21,23,28H,6-7,9-14H2/t20-,21+,23?. The lowest BCUT2D eigenvalue weighted by Gasteiger charge is -2.39. The second kappa shape index (κ2) is 9.01. The summed E-state index contributed by atoms with van der Waals surface area (Å²) in [5.74, 6) is 0.811. The van der Waals surface area contributed by atoms with E-state index in [4.69, 9.17) is 21.6 Å². The number of hydrogen-bond donors (Lipinski definition) is 1. The van der Waals surface area contributed by atoms with Crippen LogP contribution in [0.5, 0.6) is 5.75 Å². The second-order valence-electron chi connectivity index (χ2n) is 8.85. The molecule has 3 heterocycles. The molecular weight excluding hydrogens is 424 g/mol. The normalized spacial score (nSPS) is 24.8. The number of nitrogens with one attached hydrogen (secondary N) is 1. The molecule has 0 aliphatic carbocycles. The number of nitrogens with zero attached hydrogens (tertiary/aromatic N) is 3. The van der Waals surface area contributed by atoms with Crippen LogP contribution in [0, 0.1) is 11.3 Å². The number of rotatable bonds is 4. The summed E-state index contributed by atoms with van der Waals surface area (Å²) in [4.78, 5) is 17.8. The van der Waals surface area contributed by atoms with Gasteiger partial charge in [0.2, 0.25) is 0 Å². The van der Waals surface area contributed by atoms with Gasteiger partial charge in [0.15, 0.2) is 0 Å². The minimum atomic E-state index is 0.0515. The molecule has 6 nitrogen and oxygen atoms in total. The van der Waals surface area contributed by atoms with Crippen molar-refractivity contribution in [2.75, 3.05) is 31.1 Å². The summed E-state index contributed by atoms with van der Waals surface area (Å²) < 4.78 is 6.19. The highest BCUT2D eigenvalue weighted by atomic mass is 35.5. The summed E-state index contributed by atoms with van der Waals surface area (Å²) in [6.45, 7) is 3.98. The molecule has 3 saturated heterocycles. The minimum Gasteiger partial charge on any atom is -0.490 e. The van der Waals surface area contributed by atoms with Crippen LogP contribution in [0.1, 0.15) is 41.6 Å². The number of carbonyl (C=O) groups is 1. The van der Waals surface area contributed by atoms with Crippen LogP contribution >= 0.6 is 11.6 Å². The van der Waals surface area contributed by atoms with Gasteiger partial charge in [0, 0.05) is 68.4 Å². The van der Waals surface area contributed by atoms with Crippen LogP contribution in [0.2, 0.25) is 5.02 Å². The lowest BCUT2D eigenvalue weighted by Crippen LogP contribution is -2.49. The number of halogens is 1. The number of carbonyl (C=O) groups excluding carboxylic acids is 1. The maximum atomic E-state index is 13.3. The Labute approximate surface area is 193 Å². The van der Waals surface area contributed by atoms with Crippen LogP contribution in [-0.2, 0) is 0 Å². The Morgan fingerprint density at radius 1 is 1.06 bits per heavy atom. The third-order valence-corrected chi connectivity index (χ3v) is 7.20. The van der Waals surface area contributed by atoms with Crippen molar-refractivity contribution in [3.8, 4) is 11.8 Å². The van der Waals surface area contributed by atoms with E-state index in [0.717, 1.165) is 57.4 Å². The average molecular weight is 451 g/mol. The predicted octanol–water partition coefficient (Wildman–Crippen LogP) is 3.84. The van der Waals surface area contributed by atoms with E-state index in [1.54, 1.807) is 18.2 Å². The summed E-state index contributed by atoms with van der Waals surface area (Å²) in [6.07, 6.45) is 3.72. The molecule has 0 spiro atoms. The highest BCUT2D eigenvalue weighted by Crippen LogP contribution is 2.38. The number of piperidine rings is 1. The van der Waals surface area contributed by atoms with Crippen molar-refractivity contribution in [1.82, 2.24) is 10.2 Å². The Kier molecular flexibility index (Phi) is 5.95. The van der Waals surface area contributed by atoms with Gasteiger partial charge in [-0.15, -0.1) is 0 Å². The fourth-order valence-corrected chi connectivity index (χ4v) is 5.51. The Morgan fingerprint density at radius 3 is 2.38 bits per heavy atom. The fourth-order valence-electron chi connectivity index (χ4n) is 5.29. The molecule has 3 fully saturated rings. The largest absolute Gasteiger partial charge is 0.490 e. The summed E-state index contributed by atoms with van der Waals surface area (Å²) in [7, 11) is 0. The summed E-state index contributed by atoms with van der Waals surface area (Å²) in [5.41, 5.74) is 2.39. The first kappa shape index (κ1) is 21.1. The Morgan fingerprint density at radius 2 is 1.75 bits per heavy atom. The van der Waals surface area contributed by atoms with Gasteiger partial charge in [-0.3, -0.25) is 4.79 Å². The molecule has 3 aliphatic rings. The Balaban J connectivity index is 1.24. The van der Waals surface area contributed by atoms with Gasteiger partial charge in [-0.2, -0.15) is 5.26 Å². The lowest BCUT2D eigenvalue weighted by molar-refractivity contribution is 0.0359. The maximum absolute atomic E-state index is 13.3. The minimum absolute atomic E-state index is 0.0515.